The van der Waals surface area contributed by atoms with E-state index in [4.69, 9.17) is 9.57 Å². The third kappa shape index (κ3) is 4.18. The maximum absolute atomic E-state index is 13.8. The van der Waals surface area contributed by atoms with E-state index in [0.29, 0.717) is 4.68 Å². The van der Waals surface area contributed by atoms with Crippen molar-refractivity contribution in [2.24, 2.45) is 4.99 Å². The number of hydroxylamine groups is 1. The Morgan fingerprint density at radius 2 is 2.10 bits per heavy atom. The fourth-order valence-corrected chi connectivity index (χ4v) is 2.88. The van der Waals surface area contributed by atoms with Crippen molar-refractivity contribution in [1.29, 1.82) is 0 Å². The van der Waals surface area contributed by atoms with E-state index in [1.807, 2.05) is 0 Å². The minimum atomic E-state index is -4.78. The van der Waals surface area contributed by atoms with Crippen LogP contribution in [0.1, 0.15) is 25.1 Å². The van der Waals surface area contributed by atoms with Gasteiger partial charge in [0, 0.05) is 19.1 Å². The SMILES string of the molecule is COCC1=C(c2cnn(CC(C)(C)O)c2C(F)(F)F)ONC1=C1C=C=C=NC1=O. The number of aliphatic imine (C=N–C) groups is 1. The molecule has 29 heavy (non-hydrogen) atoms. The zero-order valence-electron chi connectivity index (χ0n) is 15.7. The molecular formula is C18H17F3N4O4. The van der Waals surface area contributed by atoms with Gasteiger partial charge in [0.05, 0.1) is 47.4 Å². The number of hydrogen-bond acceptors (Lipinski definition) is 6. The third-order valence-corrected chi connectivity index (χ3v) is 3.95. The van der Waals surface area contributed by atoms with Crippen molar-refractivity contribution in [3.05, 3.63) is 46.1 Å². The largest absolute Gasteiger partial charge is 0.433 e. The van der Waals surface area contributed by atoms with Gasteiger partial charge in [0.25, 0.3) is 5.91 Å². The van der Waals surface area contributed by atoms with Crippen LogP contribution in [0.5, 0.6) is 0 Å². The summed E-state index contributed by atoms with van der Waals surface area (Å²) in [6.07, 6.45) is -2.50. The van der Waals surface area contributed by atoms with E-state index in [1.165, 1.54) is 27.0 Å². The summed E-state index contributed by atoms with van der Waals surface area (Å²) < 4.78 is 47.2. The van der Waals surface area contributed by atoms with Gasteiger partial charge in [-0.3, -0.25) is 9.48 Å². The highest BCUT2D eigenvalue weighted by Crippen LogP contribution is 2.40. The predicted octanol–water partition coefficient (Wildman–Crippen LogP) is 1.74. The van der Waals surface area contributed by atoms with Crippen LogP contribution in [0.3, 0.4) is 0 Å². The molecule has 0 fully saturated rings. The first kappa shape index (κ1) is 20.6. The lowest BCUT2D eigenvalue weighted by Gasteiger charge is -2.20. The zero-order chi connectivity index (χ0) is 21.4. The summed E-state index contributed by atoms with van der Waals surface area (Å²) in [5, 5.41) is 13.7. The van der Waals surface area contributed by atoms with E-state index in [0.717, 1.165) is 6.20 Å². The van der Waals surface area contributed by atoms with Crippen molar-refractivity contribution < 1.29 is 32.6 Å². The number of nitrogens with zero attached hydrogens (tertiary/aromatic N) is 3. The number of carbonyl (C=O) groups is 1. The first-order chi connectivity index (χ1) is 13.5. The molecular weight excluding hydrogens is 393 g/mol. The van der Waals surface area contributed by atoms with Gasteiger partial charge in [-0.05, 0) is 19.6 Å². The number of alkyl halides is 3. The number of nitrogens with one attached hydrogen (secondary N) is 1. The molecule has 1 amide bonds. The molecule has 0 unspecified atom stereocenters. The number of aliphatic hydroxyl groups is 1. The average Bonchev–Trinajstić information content (AvgIpc) is 3.18. The molecule has 0 spiro atoms. The Morgan fingerprint density at radius 3 is 2.69 bits per heavy atom. The number of methoxy groups -OCH3 is 1. The molecule has 0 radical (unpaired) electrons. The molecule has 0 aromatic carbocycles. The van der Waals surface area contributed by atoms with Gasteiger partial charge in [0.15, 0.2) is 11.5 Å². The Morgan fingerprint density at radius 1 is 1.38 bits per heavy atom. The quantitative estimate of drug-likeness (QED) is 0.567. The van der Waals surface area contributed by atoms with Crippen molar-refractivity contribution in [2.75, 3.05) is 13.7 Å². The van der Waals surface area contributed by atoms with Gasteiger partial charge < -0.3 is 14.7 Å². The van der Waals surface area contributed by atoms with Gasteiger partial charge in [-0.2, -0.15) is 23.3 Å². The molecule has 2 aliphatic rings. The molecule has 1 aromatic rings. The number of amides is 1. The topological polar surface area (TPSA) is 98.0 Å². The lowest BCUT2D eigenvalue weighted by atomic mass is 10.0. The molecule has 0 saturated heterocycles. The van der Waals surface area contributed by atoms with E-state index in [-0.39, 0.29) is 34.8 Å². The fraction of sp³-hybridized carbons (Fsp3) is 0.389. The molecule has 0 saturated carbocycles. The number of ether oxygens (including phenoxy) is 1. The Kier molecular flexibility index (Phi) is 5.25. The van der Waals surface area contributed by atoms with Crippen molar-refractivity contribution >= 4 is 17.5 Å². The second-order valence-corrected chi connectivity index (χ2v) is 6.93. The minimum absolute atomic E-state index is 0.0447. The summed E-state index contributed by atoms with van der Waals surface area (Å²) in [4.78, 5) is 20.8. The van der Waals surface area contributed by atoms with Crippen LogP contribution in [0.2, 0.25) is 0 Å². The minimum Gasteiger partial charge on any atom is -0.389 e. The molecule has 3 heterocycles. The Balaban J connectivity index is 2.20. The molecule has 11 heteroatoms. The van der Waals surface area contributed by atoms with Crippen molar-refractivity contribution in [3.63, 3.8) is 0 Å². The van der Waals surface area contributed by atoms with Crippen molar-refractivity contribution in [2.45, 2.75) is 32.2 Å². The highest BCUT2D eigenvalue weighted by molar-refractivity contribution is 6.03. The number of halogens is 3. The van der Waals surface area contributed by atoms with Gasteiger partial charge in [-0.1, -0.05) is 0 Å². The summed E-state index contributed by atoms with van der Waals surface area (Å²) in [5.74, 6) is 1.42. The van der Waals surface area contributed by atoms with Crippen molar-refractivity contribution in [3.8, 4) is 0 Å². The molecule has 0 aliphatic carbocycles. The molecule has 2 aliphatic heterocycles. The Hall–Kier alpha value is -3.10. The summed E-state index contributed by atoms with van der Waals surface area (Å²) in [6, 6.07) is 0. The van der Waals surface area contributed by atoms with E-state index in [1.54, 1.807) is 0 Å². The van der Waals surface area contributed by atoms with Crippen LogP contribution < -0.4 is 5.48 Å². The molecule has 3 rings (SSSR count). The number of hydrogen-bond donors (Lipinski definition) is 2. The van der Waals surface area contributed by atoms with Crippen LogP contribution in [-0.2, 0) is 27.1 Å². The predicted molar refractivity (Wildman–Crippen MR) is 94.1 cm³/mol. The van der Waals surface area contributed by atoms with Crippen LogP contribution >= 0.6 is 0 Å². The summed E-state index contributed by atoms with van der Waals surface area (Å²) in [7, 11) is 1.35. The molecule has 0 bridgehead atoms. The first-order valence-corrected chi connectivity index (χ1v) is 8.37. The van der Waals surface area contributed by atoms with E-state index < -0.39 is 29.9 Å². The van der Waals surface area contributed by atoms with Gasteiger partial charge in [0.1, 0.15) is 0 Å². The Labute approximate surface area is 163 Å². The second-order valence-electron chi connectivity index (χ2n) is 6.93. The highest BCUT2D eigenvalue weighted by atomic mass is 19.4. The normalized spacial score (nSPS) is 19.2. The standard InChI is InChI=1S/C18H17F3N4O4/c1-17(2,27)9-25-15(18(19,20)21)11(7-23-25)14-12(8-28-3)13(24-29-14)10-5-4-6-22-16(10)26/h5,7,24,27H,8-9H2,1-3H3. The van der Waals surface area contributed by atoms with E-state index >= 15 is 0 Å². The molecule has 154 valence electrons. The monoisotopic (exact) mass is 410 g/mol. The van der Waals surface area contributed by atoms with Crippen molar-refractivity contribution in [1.82, 2.24) is 15.3 Å². The van der Waals surface area contributed by atoms with Crippen LogP contribution in [-0.4, -0.2) is 46.0 Å². The zero-order valence-corrected chi connectivity index (χ0v) is 15.7. The third-order valence-electron chi connectivity index (χ3n) is 3.95. The van der Waals surface area contributed by atoms with Gasteiger partial charge in [-0.15, -0.1) is 0 Å². The molecule has 2 N–H and O–H groups in total. The smallest absolute Gasteiger partial charge is 0.389 e. The van der Waals surface area contributed by atoms with Gasteiger partial charge >= 0.3 is 6.18 Å². The number of carbonyl (C=O) groups excluding carboxylic acids is 1. The average molecular weight is 410 g/mol. The maximum atomic E-state index is 13.8. The van der Waals surface area contributed by atoms with Crippen LogP contribution in [0.4, 0.5) is 13.2 Å². The lowest BCUT2D eigenvalue weighted by molar-refractivity contribution is -0.145. The summed E-state index contributed by atoms with van der Waals surface area (Å²) in [5.41, 5.74) is 2.45. The molecule has 1 aromatic heterocycles. The lowest BCUT2D eigenvalue weighted by Crippen LogP contribution is -2.29. The fourth-order valence-electron chi connectivity index (χ4n) is 2.88. The van der Waals surface area contributed by atoms with E-state index in [2.05, 4.69) is 27.2 Å². The molecule has 0 atom stereocenters. The highest BCUT2D eigenvalue weighted by Gasteiger charge is 2.42. The van der Waals surface area contributed by atoms with E-state index in [9.17, 15) is 23.1 Å². The maximum Gasteiger partial charge on any atom is 0.433 e. The van der Waals surface area contributed by atoms with Crippen LogP contribution in [0.15, 0.2) is 39.8 Å². The first-order valence-electron chi connectivity index (χ1n) is 8.37. The van der Waals surface area contributed by atoms with Crippen LogP contribution in [0, 0.1) is 0 Å². The molecule has 8 nitrogen and oxygen atoms in total. The van der Waals surface area contributed by atoms with Gasteiger partial charge in [-0.25, -0.2) is 5.48 Å². The second kappa shape index (κ2) is 7.38. The van der Waals surface area contributed by atoms with Gasteiger partial charge in [0.2, 0.25) is 0 Å². The number of aromatic nitrogens is 2. The van der Waals surface area contributed by atoms with Crippen LogP contribution in [0.25, 0.3) is 5.76 Å². The Bertz CT molecular complexity index is 1010. The summed E-state index contributed by atoms with van der Waals surface area (Å²) >= 11 is 0. The summed E-state index contributed by atoms with van der Waals surface area (Å²) in [6.45, 7) is 2.20. The number of rotatable bonds is 5.